The van der Waals surface area contributed by atoms with Crippen LogP contribution in [0, 0.1) is 5.41 Å². The standard InChI is InChI=1S/C23H24F3N3O3S/c24-23(25,26)16-32-20-18(2-1-9-27-20)21(31)29-12-8-22(15-29)6-10-28(11-7-22)19(30)4-3-17-5-13-33-14-17/h1-5,9,13-14H,6-8,10-12,15-16H2/b4-3+. The molecule has 0 unspecified atom stereocenters. The van der Waals surface area contributed by atoms with Crippen molar-refractivity contribution >= 4 is 29.2 Å². The van der Waals surface area contributed by atoms with Crippen LogP contribution in [0.1, 0.15) is 35.2 Å². The van der Waals surface area contributed by atoms with Crippen molar-refractivity contribution in [2.45, 2.75) is 25.4 Å². The van der Waals surface area contributed by atoms with Crippen LogP contribution in [0.2, 0.25) is 0 Å². The third-order valence-electron chi connectivity index (χ3n) is 6.20. The molecule has 4 rings (SSSR count). The zero-order chi connectivity index (χ0) is 23.5. The number of amides is 2. The van der Waals surface area contributed by atoms with E-state index in [4.69, 9.17) is 4.74 Å². The van der Waals surface area contributed by atoms with E-state index in [0.29, 0.717) is 26.2 Å². The lowest BCUT2D eigenvalue weighted by molar-refractivity contribution is -0.154. The highest BCUT2D eigenvalue weighted by molar-refractivity contribution is 7.08. The molecule has 2 aromatic rings. The summed E-state index contributed by atoms with van der Waals surface area (Å²) in [5.74, 6) is -0.711. The van der Waals surface area contributed by atoms with E-state index >= 15 is 0 Å². The minimum atomic E-state index is -4.51. The normalized spacial score (nSPS) is 18.3. The number of ether oxygens (including phenoxy) is 1. The Bertz CT molecular complexity index is 1020. The van der Waals surface area contributed by atoms with Crippen molar-refractivity contribution in [1.82, 2.24) is 14.8 Å². The number of thiophene rings is 1. The van der Waals surface area contributed by atoms with Crippen LogP contribution in [0.3, 0.4) is 0 Å². The number of hydrogen-bond donors (Lipinski definition) is 0. The minimum Gasteiger partial charge on any atom is -0.467 e. The summed E-state index contributed by atoms with van der Waals surface area (Å²) in [7, 11) is 0. The molecule has 0 bridgehead atoms. The van der Waals surface area contributed by atoms with E-state index in [-0.39, 0.29) is 28.7 Å². The summed E-state index contributed by atoms with van der Waals surface area (Å²) in [5, 5.41) is 3.93. The molecule has 6 nitrogen and oxygen atoms in total. The molecule has 2 fully saturated rings. The second kappa shape index (κ2) is 9.54. The van der Waals surface area contributed by atoms with E-state index in [2.05, 4.69) is 4.98 Å². The lowest BCUT2D eigenvalue weighted by Gasteiger charge is -2.39. The van der Waals surface area contributed by atoms with Crippen molar-refractivity contribution in [3.63, 3.8) is 0 Å². The van der Waals surface area contributed by atoms with Gasteiger partial charge in [-0.1, -0.05) is 0 Å². The zero-order valence-corrected chi connectivity index (χ0v) is 18.7. The van der Waals surface area contributed by atoms with Crippen LogP contribution in [0.5, 0.6) is 5.88 Å². The van der Waals surface area contributed by atoms with Gasteiger partial charge in [-0.3, -0.25) is 9.59 Å². The Hall–Kier alpha value is -2.88. The van der Waals surface area contributed by atoms with E-state index in [0.717, 1.165) is 24.8 Å². The molecule has 0 aliphatic carbocycles. The van der Waals surface area contributed by atoms with Gasteiger partial charge in [-0.05, 0) is 65.3 Å². The first kappa shape index (κ1) is 23.3. The number of rotatable bonds is 5. The second-order valence-corrected chi connectivity index (χ2v) is 9.23. The largest absolute Gasteiger partial charge is 0.467 e. The molecule has 0 radical (unpaired) electrons. The van der Waals surface area contributed by atoms with Gasteiger partial charge in [0.15, 0.2) is 6.61 Å². The lowest BCUT2D eigenvalue weighted by Crippen LogP contribution is -2.44. The number of aromatic nitrogens is 1. The van der Waals surface area contributed by atoms with Crippen LogP contribution >= 0.6 is 11.3 Å². The summed E-state index contributed by atoms with van der Waals surface area (Å²) in [5.41, 5.74) is 0.948. The van der Waals surface area contributed by atoms with Crippen LogP contribution < -0.4 is 4.74 Å². The van der Waals surface area contributed by atoms with Gasteiger partial charge in [0.25, 0.3) is 5.91 Å². The van der Waals surface area contributed by atoms with Gasteiger partial charge in [0, 0.05) is 38.5 Å². The van der Waals surface area contributed by atoms with Crippen LogP contribution in [-0.2, 0) is 4.79 Å². The maximum absolute atomic E-state index is 13.0. The maximum atomic E-state index is 13.0. The molecule has 2 aromatic heterocycles. The summed E-state index contributed by atoms with van der Waals surface area (Å²) in [6.45, 7) is 0.743. The van der Waals surface area contributed by atoms with Crippen molar-refractivity contribution < 1.29 is 27.5 Å². The van der Waals surface area contributed by atoms with Crippen LogP contribution in [0.4, 0.5) is 13.2 Å². The average Bonchev–Trinajstić information content (AvgIpc) is 3.46. The summed E-state index contributed by atoms with van der Waals surface area (Å²) >= 11 is 1.57. The first-order chi connectivity index (χ1) is 15.7. The Morgan fingerprint density at radius 3 is 2.55 bits per heavy atom. The Morgan fingerprint density at radius 2 is 1.88 bits per heavy atom. The molecule has 2 aliphatic rings. The molecule has 2 amide bonds. The van der Waals surface area contributed by atoms with Gasteiger partial charge >= 0.3 is 6.18 Å². The predicted molar refractivity (Wildman–Crippen MR) is 118 cm³/mol. The molecular weight excluding hydrogens is 455 g/mol. The maximum Gasteiger partial charge on any atom is 0.422 e. The third-order valence-corrected chi connectivity index (χ3v) is 6.90. The molecule has 2 aliphatic heterocycles. The molecule has 2 saturated heterocycles. The third kappa shape index (κ3) is 5.73. The van der Waals surface area contributed by atoms with Crippen molar-refractivity contribution in [1.29, 1.82) is 0 Å². The van der Waals surface area contributed by atoms with Gasteiger partial charge < -0.3 is 14.5 Å². The molecule has 0 aromatic carbocycles. The smallest absolute Gasteiger partial charge is 0.422 e. The summed E-state index contributed by atoms with van der Waals surface area (Å²) in [6, 6.07) is 4.89. The fraction of sp³-hybridized carbons (Fsp3) is 0.435. The lowest BCUT2D eigenvalue weighted by atomic mass is 9.78. The molecule has 33 heavy (non-hydrogen) atoms. The highest BCUT2D eigenvalue weighted by atomic mass is 32.1. The molecule has 0 N–H and O–H groups in total. The number of nitrogens with zero attached hydrogens (tertiary/aromatic N) is 3. The highest BCUT2D eigenvalue weighted by Crippen LogP contribution is 2.41. The first-order valence-electron chi connectivity index (χ1n) is 10.7. The molecule has 4 heterocycles. The number of halogens is 3. The highest BCUT2D eigenvalue weighted by Gasteiger charge is 2.43. The van der Waals surface area contributed by atoms with Crippen LogP contribution in [0.15, 0.2) is 41.2 Å². The molecule has 0 saturated carbocycles. The Kier molecular flexibility index (Phi) is 6.73. The number of piperidine rings is 1. The molecular formula is C23H24F3N3O3S. The Balaban J connectivity index is 1.34. The van der Waals surface area contributed by atoms with Gasteiger partial charge in [0.1, 0.15) is 5.56 Å². The number of hydrogen-bond acceptors (Lipinski definition) is 5. The molecule has 0 atom stereocenters. The van der Waals surface area contributed by atoms with E-state index in [1.807, 2.05) is 27.8 Å². The van der Waals surface area contributed by atoms with Gasteiger partial charge in [0.05, 0.1) is 0 Å². The predicted octanol–water partition coefficient (Wildman–Crippen LogP) is 4.25. The average molecular weight is 480 g/mol. The number of carbonyl (C=O) groups excluding carboxylic acids is 2. The van der Waals surface area contributed by atoms with Gasteiger partial charge in [-0.15, -0.1) is 0 Å². The number of likely N-dealkylation sites (tertiary alicyclic amines) is 2. The first-order valence-corrected chi connectivity index (χ1v) is 11.6. The fourth-order valence-electron chi connectivity index (χ4n) is 4.35. The van der Waals surface area contributed by atoms with Crippen molar-refractivity contribution in [2.75, 3.05) is 32.8 Å². The van der Waals surface area contributed by atoms with Crippen molar-refractivity contribution in [2.24, 2.45) is 5.41 Å². The van der Waals surface area contributed by atoms with Gasteiger partial charge in [-0.25, -0.2) is 4.98 Å². The molecule has 1 spiro atoms. The summed E-state index contributed by atoms with van der Waals surface area (Å²) in [6.07, 6.45) is 2.54. The monoisotopic (exact) mass is 479 g/mol. The quantitative estimate of drug-likeness (QED) is 0.602. The SMILES string of the molecule is O=C(/C=C/c1ccsc1)N1CCC2(CC1)CCN(C(=O)c1cccnc1OCC(F)(F)F)C2. The Morgan fingerprint density at radius 1 is 1.15 bits per heavy atom. The number of pyridine rings is 1. The number of alkyl halides is 3. The van der Waals surface area contributed by atoms with Crippen molar-refractivity contribution in [3.8, 4) is 5.88 Å². The van der Waals surface area contributed by atoms with Crippen molar-refractivity contribution in [3.05, 3.63) is 52.4 Å². The topological polar surface area (TPSA) is 62.7 Å². The van der Waals surface area contributed by atoms with E-state index in [9.17, 15) is 22.8 Å². The van der Waals surface area contributed by atoms with E-state index < -0.39 is 12.8 Å². The van der Waals surface area contributed by atoms with E-state index in [1.165, 1.54) is 18.3 Å². The van der Waals surface area contributed by atoms with Gasteiger partial charge in [-0.2, -0.15) is 24.5 Å². The van der Waals surface area contributed by atoms with Crippen LogP contribution in [0.25, 0.3) is 6.08 Å². The second-order valence-electron chi connectivity index (χ2n) is 8.45. The van der Waals surface area contributed by atoms with Crippen LogP contribution in [-0.4, -0.2) is 65.6 Å². The minimum absolute atomic E-state index is 0.0243. The van der Waals surface area contributed by atoms with Gasteiger partial charge in [0.2, 0.25) is 11.8 Å². The zero-order valence-electron chi connectivity index (χ0n) is 17.9. The number of carbonyl (C=O) groups is 2. The van der Waals surface area contributed by atoms with E-state index in [1.54, 1.807) is 22.3 Å². The molecule has 176 valence electrons. The fourth-order valence-corrected chi connectivity index (χ4v) is 4.98. The Labute approximate surface area is 193 Å². The molecule has 10 heteroatoms. The summed E-state index contributed by atoms with van der Waals surface area (Å²) in [4.78, 5) is 32.8. The summed E-state index contributed by atoms with van der Waals surface area (Å²) < 4.78 is 42.4.